The minimum Gasteiger partial charge on any atom is -0.358 e. The Balaban J connectivity index is 1.51. The van der Waals surface area contributed by atoms with Crippen LogP contribution in [0, 0.1) is 5.82 Å². The summed E-state index contributed by atoms with van der Waals surface area (Å²) in [6, 6.07) is 14.0. The van der Waals surface area contributed by atoms with Gasteiger partial charge in [-0.1, -0.05) is 35.9 Å². The molecule has 2 aromatic rings. The number of nitrogens with one attached hydrogen (secondary N) is 2. The van der Waals surface area contributed by atoms with Crippen molar-refractivity contribution in [3.8, 4) is 0 Å². The molecule has 0 saturated carbocycles. The number of rotatable bonds is 4. The highest BCUT2D eigenvalue weighted by molar-refractivity contribution is 6.33. The smallest absolute Gasteiger partial charge is 0.279 e. The second kappa shape index (κ2) is 7.64. The number of anilines is 2. The Bertz CT molecular complexity index is 717. The van der Waals surface area contributed by atoms with Gasteiger partial charge in [-0.25, -0.2) is 4.39 Å². The molecule has 0 aliphatic carbocycles. The van der Waals surface area contributed by atoms with Crippen molar-refractivity contribution in [2.75, 3.05) is 42.9 Å². The lowest BCUT2D eigenvalue weighted by molar-refractivity contribution is -0.892. The van der Waals surface area contributed by atoms with Gasteiger partial charge < -0.3 is 15.1 Å². The molecule has 0 spiro atoms. The minimum atomic E-state index is -0.197. The molecule has 0 radical (unpaired) electrons. The molecular weight excluding hydrogens is 329 g/mol. The van der Waals surface area contributed by atoms with Gasteiger partial charge in [-0.15, -0.1) is 0 Å². The van der Waals surface area contributed by atoms with Crippen LogP contribution in [0.25, 0.3) is 0 Å². The zero-order valence-electron chi connectivity index (χ0n) is 13.3. The first-order valence-corrected chi connectivity index (χ1v) is 8.39. The number of halogens is 2. The number of carbonyl (C=O) groups excluding carboxylic acids is 1. The maximum atomic E-state index is 13.8. The van der Waals surface area contributed by atoms with Crippen molar-refractivity contribution < 1.29 is 14.1 Å². The molecule has 1 saturated heterocycles. The predicted molar refractivity (Wildman–Crippen MR) is 94.3 cm³/mol. The van der Waals surface area contributed by atoms with Crippen molar-refractivity contribution in [3.05, 3.63) is 59.4 Å². The highest BCUT2D eigenvalue weighted by Gasteiger charge is 2.23. The number of hydrogen-bond donors (Lipinski definition) is 2. The molecule has 24 heavy (non-hydrogen) atoms. The fourth-order valence-electron chi connectivity index (χ4n) is 2.93. The van der Waals surface area contributed by atoms with Crippen LogP contribution in [0.1, 0.15) is 0 Å². The normalized spacial score (nSPS) is 15.3. The van der Waals surface area contributed by atoms with Crippen LogP contribution in [0.15, 0.2) is 48.5 Å². The number of hydrogen-bond acceptors (Lipinski definition) is 2. The van der Waals surface area contributed by atoms with E-state index in [0.717, 1.165) is 26.2 Å². The molecule has 4 nitrogen and oxygen atoms in total. The number of amides is 1. The summed E-state index contributed by atoms with van der Waals surface area (Å²) in [7, 11) is 0. The standard InChI is InChI=1S/C18H19ClFN3O/c19-14-5-1-3-7-16(14)21-18(24)13-22-9-11-23(12-10-22)17-8-4-2-6-15(17)20/h1-8H,9-13H2,(H,21,24)/p+1. The van der Waals surface area contributed by atoms with Gasteiger partial charge in [0.1, 0.15) is 5.82 Å². The van der Waals surface area contributed by atoms with Crippen LogP contribution in [-0.2, 0) is 4.79 Å². The van der Waals surface area contributed by atoms with Crippen LogP contribution >= 0.6 is 11.6 Å². The zero-order valence-corrected chi connectivity index (χ0v) is 14.0. The molecule has 0 bridgehead atoms. The van der Waals surface area contributed by atoms with Crippen LogP contribution < -0.4 is 15.1 Å². The number of quaternary nitrogens is 1. The van der Waals surface area contributed by atoms with Crippen molar-refractivity contribution in [3.63, 3.8) is 0 Å². The average molecular weight is 349 g/mol. The topological polar surface area (TPSA) is 36.8 Å². The third-order valence-electron chi connectivity index (χ3n) is 4.22. The van der Waals surface area contributed by atoms with Gasteiger partial charge in [0.25, 0.3) is 5.91 Å². The highest BCUT2D eigenvalue weighted by atomic mass is 35.5. The van der Waals surface area contributed by atoms with E-state index < -0.39 is 0 Å². The largest absolute Gasteiger partial charge is 0.358 e. The summed E-state index contributed by atoms with van der Waals surface area (Å²) in [6.07, 6.45) is 0. The lowest BCUT2D eigenvalue weighted by Crippen LogP contribution is -3.15. The maximum Gasteiger partial charge on any atom is 0.279 e. The summed E-state index contributed by atoms with van der Waals surface area (Å²) in [5.74, 6) is -0.255. The second-order valence-electron chi connectivity index (χ2n) is 5.89. The molecule has 1 aliphatic rings. The van der Waals surface area contributed by atoms with Gasteiger partial charge in [0.2, 0.25) is 0 Å². The molecule has 2 aromatic carbocycles. The number of piperazine rings is 1. The molecular formula is C18H20ClFN3O+. The van der Waals surface area contributed by atoms with E-state index in [4.69, 9.17) is 11.6 Å². The first-order chi connectivity index (χ1) is 11.6. The molecule has 0 unspecified atom stereocenters. The van der Waals surface area contributed by atoms with Crippen molar-refractivity contribution in [2.45, 2.75) is 0 Å². The van der Waals surface area contributed by atoms with E-state index in [0.29, 0.717) is 22.9 Å². The first-order valence-electron chi connectivity index (χ1n) is 8.01. The molecule has 1 heterocycles. The molecule has 1 amide bonds. The van der Waals surface area contributed by atoms with Crippen LogP contribution in [0.2, 0.25) is 5.02 Å². The van der Waals surface area contributed by atoms with E-state index in [1.165, 1.54) is 11.0 Å². The molecule has 126 valence electrons. The number of benzene rings is 2. The molecule has 1 aliphatic heterocycles. The summed E-state index contributed by atoms with van der Waals surface area (Å²) in [5.41, 5.74) is 1.27. The number of carbonyl (C=O) groups is 1. The molecule has 6 heteroatoms. The van der Waals surface area contributed by atoms with Crippen LogP contribution in [0.4, 0.5) is 15.8 Å². The Morgan fingerprint density at radius 2 is 1.79 bits per heavy atom. The van der Waals surface area contributed by atoms with E-state index in [1.54, 1.807) is 24.3 Å². The minimum absolute atomic E-state index is 0.0579. The van der Waals surface area contributed by atoms with Gasteiger partial charge in [0.15, 0.2) is 6.54 Å². The lowest BCUT2D eigenvalue weighted by Gasteiger charge is -2.33. The van der Waals surface area contributed by atoms with Crippen molar-refractivity contribution >= 4 is 28.9 Å². The summed E-state index contributed by atoms with van der Waals surface area (Å²) in [6.45, 7) is 3.44. The van der Waals surface area contributed by atoms with Gasteiger partial charge in [-0.2, -0.15) is 0 Å². The van der Waals surface area contributed by atoms with Gasteiger partial charge >= 0.3 is 0 Å². The van der Waals surface area contributed by atoms with Gasteiger partial charge in [0, 0.05) is 0 Å². The summed E-state index contributed by atoms with van der Waals surface area (Å²) < 4.78 is 13.8. The Morgan fingerprint density at radius 1 is 1.12 bits per heavy atom. The quantitative estimate of drug-likeness (QED) is 0.884. The molecule has 0 atom stereocenters. The van der Waals surface area contributed by atoms with Crippen LogP contribution in [-0.4, -0.2) is 38.6 Å². The fraction of sp³-hybridized carbons (Fsp3) is 0.278. The zero-order chi connectivity index (χ0) is 16.9. The molecule has 2 N–H and O–H groups in total. The molecule has 0 aromatic heterocycles. The summed E-state index contributed by atoms with van der Waals surface area (Å²) >= 11 is 6.05. The Hall–Kier alpha value is -2.11. The Kier molecular flexibility index (Phi) is 5.33. The molecule has 1 fully saturated rings. The van der Waals surface area contributed by atoms with E-state index in [-0.39, 0.29) is 11.7 Å². The van der Waals surface area contributed by atoms with Gasteiger partial charge in [0.05, 0.1) is 42.6 Å². The third-order valence-corrected chi connectivity index (χ3v) is 4.55. The highest BCUT2D eigenvalue weighted by Crippen LogP contribution is 2.20. The van der Waals surface area contributed by atoms with E-state index >= 15 is 0 Å². The molecule has 3 rings (SSSR count). The van der Waals surface area contributed by atoms with Crippen LogP contribution in [0.5, 0.6) is 0 Å². The van der Waals surface area contributed by atoms with E-state index in [2.05, 4.69) is 5.32 Å². The predicted octanol–water partition coefficient (Wildman–Crippen LogP) is 1.82. The average Bonchev–Trinajstić information content (AvgIpc) is 2.58. The van der Waals surface area contributed by atoms with Gasteiger partial charge in [-0.05, 0) is 24.3 Å². The number of nitrogens with zero attached hydrogens (tertiary/aromatic N) is 1. The van der Waals surface area contributed by atoms with E-state index in [1.807, 2.05) is 23.1 Å². The Labute approximate surface area is 145 Å². The van der Waals surface area contributed by atoms with Crippen molar-refractivity contribution in [2.24, 2.45) is 0 Å². The van der Waals surface area contributed by atoms with E-state index in [9.17, 15) is 9.18 Å². The van der Waals surface area contributed by atoms with Crippen molar-refractivity contribution in [1.82, 2.24) is 0 Å². The monoisotopic (exact) mass is 348 g/mol. The summed E-state index contributed by atoms with van der Waals surface area (Å²) in [5, 5.41) is 3.38. The number of para-hydroxylation sites is 2. The summed E-state index contributed by atoms with van der Waals surface area (Å²) in [4.78, 5) is 15.4. The van der Waals surface area contributed by atoms with Crippen molar-refractivity contribution in [1.29, 1.82) is 0 Å². The maximum absolute atomic E-state index is 13.8. The Morgan fingerprint density at radius 3 is 2.50 bits per heavy atom. The second-order valence-corrected chi connectivity index (χ2v) is 6.30. The fourth-order valence-corrected chi connectivity index (χ4v) is 3.12. The SMILES string of the molecule is O=C(C[NH+]1CCN(c2ccccc2F)CC1)Nc1ccccc1Cl. The van der Waals surface area contributed by atoms with Gasteiger partial charge in [-0.3, -0.25) is 4.79 Å². The third kappa shape index (κ3) is 4.04. The first kappa shape index (κ1) is 16.7. The lowest BCUT2D eigenvalue weighted by atomic mass is 10.2. The van der Waals surface area contributed by atoms with Crippen LogP contribution in [0.3, 0.4) is 0 Å².